The third-order valence-electron chi connectivity index (χ3n) is 5.17. The monoisotopic (exact) mass is 417 g/mol. The predicted octanol–water partition coefficient (Wildman–Crippen LogP) is 4.01. The van der Waals surface area contributed by atoms with E-state index in [4.69, 9.17) is 26.4 Å². The lowest BCUT2D eigenvalue weighted by atomic mass is 10.0. The van der Waals surface area contributed by atoms with Gasteiger partial charge in [0.25, 0.3) is 0 Å². The molecule has 2 aliphatic rings. The molecule has 0 aliphatic carbocycles. The number of aliphatic imine (C=N–C) groups is 1. The summed E-state index contributed by atoms with van der Waals surface area (Å²) in [5.41, 5.74) is 8.64. The second kappa shape index (κ2) is 8.26. The Balaban J connectivity index is 1.53. The van der Waals surface area contributed by atoms with Crippen LogP contribution in [0.15, 0.2) is 77.1 Å². The van der Waals surface area contributed by atoms with Gasteiger partial charge in [0.2, 0.25) is 0 Å². The summed E-state index contributed by atoms with van der Waals surface area (Å²) < 4.78 is 5.45. The van der Waals surface area contributed by atoms with Crippen LogP contribution in [0.5, 0.6) is 0 Å². The molecular formula is C23H20ClN5O. The average Bonchev–Trinajstić information content (AvgIpc) is 3.00. The predicted molar refractivity (Wildman–Crippen MR) is 120 cm³/mol. The van der Waals surface area contributed by atoms with E-state index in [0.29, 0.717) is 10.9 Å². The molecule has 150 valence electrons. The summed E-state index contributed by atoms with van der Waals surface area (Å²) in [6, 6.07) is 17.9. The number of amidine groups is 1. The van der Waals surface area contributed by atoms with Gasteiger partial charge in [-0.2, -0.15) is 5.10 Å². The van der Waals surface area contributed by atoms with Gasteiger partial charge in [-0.1, -0.05) is 23.7 Å². The lowest BCUT2D eigenvalue weighted by Crippen LogP contribution is -2.36. The zero-order valence-electron chi connectivity index (χ0n) is 16.3. The molecule has 2 aliphatic heterocycles. The van der Waals surface area contributed by atoms with Crippen LogP contribution in [0.2, 0.25) is 5.02 Å². The lowest BCUT2D eigenvalue weighted by molar-refractivity contribution is 0.122. The molecule has 1 fully saturated rings. The number of anilines is 1. The van der Waals surface area contributed by atoms with E-state index in [1.165, 1.54) is 5.69 Å². The summed E-state index contributed by atoms with van der Waals surface area (Å²) in [5.74, 6) is 0.645. The second-order valence-corrected chi connectivity index (χ2v) is 7.52. The number of pyridine rings is 1. The number of ether oxygens (including phenoxy) is 1. The van der Waals surface area contributed by atoms with Gasteiger partial charge in [0, 0.05) is 52.9 Å². The first-order valence-electron chi connectivity index (χ1n) is 9.84. The number of hydrogen-bond donors (Lipinski definition) is 1. The van der Waals surface area contributed by atoms with Gasteiger partial charge in [0.05, 0.1) is 18.9 Å². The molecule has 7 heteroatoms. The van der Waals surface area contributed by atoms with Crippen LogP contribution in [0, 0.1) is 0 Å². The van der Waals surface area contributed by atoms with Crippen LogP contribution in [-0.2, 0) is 4.74 Å². The van der Waals surface area contributed by atoms with Crippen LogP contribution >= 0.6 is 11.6 Å². The fraction of sp³-hybridized carbons (Fsp3) is 0.174. The first-order valence-corrected chi connectivity index (χ1v) is 10.2. The van der Waals surface area contributed by atoms with E-state index in [-0.39, 0.29) is 0 Å². The Kier molecular flexibility index (Phi) is 5.17. The molecule has 1 aromatic heterocycles. The van der Waals surface area contributed by atoms with Gasteiger partial charge in [0.15, 0.2) is 5.84 Å². The van der Waals surface area contributed by atoms with Gasteiger partial charge in [-0.25, -0.2) is 4.99 Å². The zero-order chi connectivity index (χ0) is 20.3. The average molecular weight is 418 g/mol. The first kappa shape index (κ1) is 18.8. The topological polar surface area (TPSA) is 62.1 Å². The molecule has 0 atom stereocenters. The van der Waals surface area contributed by atoms with Crippen LogP contribution in [0.1, 0.15) is 16.7 Å². The van der Waals surface area contributed by atoms with E-state index >= 15 is 0 Å². The van der Waals surface area contributed by atoms with Crippen molar-refractivity contribution in [1.82, 2.24) is 10.4 Å². The Labute approximate surface area is 179 Å². The molecule has 2 aromatic carbocycles. The minimum Gasteiger partial charge on any atom is -0.378 e. The number of nitrogens with one attached hydrogen (secondary N) is 1. The third-order valence-corrected chi connectivity index (χ3v) is 5.41. The number of benzene rings is 2. The smallest absolute Gasteiger partial charge is 0.155 e. The van der Waals surface area contributed by atoms with Crippen LogP contribution in [-0.4, -0.2) is 42.8 Å². The molecule has 1 N–H and O–H groups in total. The molecule has 3 aromatic rings. The molecule has 6 nitrogen and oxygen atoms in total. The van der Waals surface area contributed by atoms with Gasteiger partial charge in [-0.05, 0) is 42.5 Å². The van der Waals surface area contributed by atoms with Crippen LogP contribution in [0.4, 0.5) is 11.4 Å². The Morgan fingerprint density at radius 3 is 2.57 bits per heavy atom. The molecule has 0 spiro atoms. The molecular weight excluding hydrogens is 398 g/mol. The van der Waals surface area contributed by atoms with Gasteiger partial charge in [-0.15, -0.1) is 0 Å². The van der Waals surface area contributed by atoms with Crippen molar-refractivity contribution in [2.75, 3.05) is 31.2 Å². The third kappa shape index (κ3) is 3.79. The van der Waals surface area contributed by atoms with Crippen molar-refractivity contribution in [1.29, 1.82) is 0 Å². The molecule has 0 saturated carbocycles. The van der Waals surface area contributed by atoms with Crippen molar-refractivity contribution in [3.63, 3.8) is 0 Å². The fourth-order valence-corrected chi connectivity index (χ4v) is 3.79. The fourth-order valence-electron chi connectivity index (χ4n) is 3.61. The van der Waals surface area contributed by atoms with Gasteiger partial charge in [-0.3, -0.25) is 10.4 Å². The SMILES string of the molecule is Clc1ccc2c(c1)C(c1ccc(N3CCOCC3)cc1)=NNC(c1cccnc1)=N2. The summed E-state index contributed by atoms with van der Waals surface area (Å²) in [5, 5.41) is 5.34. The number of hydrazone groups is 1. The first-order chi connectivity index (χ1) is 14.8. The van der Waals surface area contributed by atoms with Crippen molar-refractivity contribution in [3.05, 3.63) is 88.7 Å². The highest BCUT2D eigenvalue weighted by Crippen LogP contribution is 2.29. The van der Waals surface area contributed by atoms with E-state index in [1.807, 2.05) is 30.3 Å². The van der Waals surface area contributed by atoms with Crippen molar-refractivity contribution >= 4 is 34.5 Å². The maximum atomic E-state index is 6.31. The molecule has 0 radical (unpaired) electrons. The largest absolute Gasteiger partial charge is 0.378 e. The van der Waals surface area contributed by atoms with E-state index < -0.39 is 0 Å². The second-order valence-electron chi connectivity index (χ2n) is 7.08. The van der Waals surface area contributed by atoms with Crippen molar-refractivity contribution in [2.24, 2.45) is 10.1 Å². The summed E-state index contributed by atoms with van der Waals surface area (Å²) in [4.78, 5) is 11.3. The molecule has 0 bridgehead atoms. The van der Waals surface area contributed by atoms with Gasteiger partial charge in [0.1, 0.15) is 5.71 Å². The molecule has 1 saturated heterocycles. The van der Waals surface area contributed by atoms with Crippen LogP contribution in [0.25, 0.3) is 0 Å². The number of aromatic nitrogens is 1. The summed E-state index contributed by atoms with van der Waals surface area (Å²) in [7, 11) is 0. The summed E-state index contributed by atoms with van der Waals surface area (Å²) in [6.45, 7) is 3.34. The number of halogens is 1. The zero-order valence-corrected chi connectivity index (χ0v) is 17.0. The molecule has 30 heavy (non-hydrogen) atoms. The van der Waals surface area contributed by atoms with Crippen molar-refractivity contribution in [3.8, 4) is 0 Å². The minimum atomic E-state index is 0.645. The highest BCUT2D eigenvalue weighted by atomic mass is 35.5. The number of nitrogens with zero attached hydrogens (tertiary/aromatic N) is 4. The van der Waals surface area contributed by atoms with E-state index in [0.717, 1.165) is 54.4 Å². The Morgan fingerprint density at radius 2 is 1.80 bits per heavy atom. The van der Waals surface area contributed by atoms with E-state index in [1.54, 1.807) is 12.4 Å². The molecule has 3 heterocycles. The Morgan fingerprint density at radius 1 is 0.967 bits per heavy atom. The van der Waals surface area contributed by atoms with Crippen molar-refractivity contribution < 1.29 is 4.74 Å². The number of rotatable bonds is 3. The normalized spacial score (nSPS) is 16.1. The maximum Gasteiger partial charge on any atom is 0.155 e. The van der Waals surface area contributed by atoms with E-state index in [2.05, 4.69) is 39.6 Å². The quantitative estimate of drug-likeness (QED) is 0.699. The molecule has 5 rings (SSSR count). The van der Waals surface area contributed by atoms with E-state index in [9.17, 15) is 0 Å². The van der Waals surface area contributed by atoms with Gasteiger partial charge >= 0.3 is 0 Å². The van der Waals surface area contributed by atoms with Crippen LogP contribution in [0.3, 0.4) is 0 Å². The highest BCUT2D eigenvalue weighted by molar-refractivity contribution is 6.31. The number of morpholine rings is 1. The highest BCUT2D eigenvalue weighted by Gasteiger charge is 2.18. The molecule has 0 amide bonds. The summed E-state index contributed by atoms with van der Waals surface area (Å²) in [6.07, 6.45) is 3.50. The number of hydrogen-bond acceptors (Lipinski definition) is 6. The van der Waals surface area contributed by atoms with Gasteiger partial charge < -0.3 is 9.64 Å². The Bertz CT molecular complexity index is 1110. The van der Waals surface area contributed by atoms with Crippen LogP contribution < -0.4 is 10.3 Å². The number of fused-ring (bicyclic) bond motifs is 1. The maximum absolute atomic E-state index is 6.31. The molecule has 0 unspecified atom stereocenters. The van der Waals surface area contributed by atoms with Crippen molar-refractivity contribution in [2.45, 2.75) is 0 Å². The summed E-state index contributed by atoms with van der Waals surface area (Å²) >= 11 is 6.31. The minimum absolute atomic E-state index is 0.645. The Hall–Kier alpha value is -3.22. The standard InChI is InChI=1S/C23H20ClN5O/c24-18-5-8-21-20(14-18)22(27-28-23(26-21)17-2-1-9-25-15-17)16-3-6-19(7-4-16)29-10-12-30-13-11-29/h1-9,14-15H,10-13H2,(H,26,28). The lowest BCUT2D eigenvalue weighted by Gasteiger charge is -2.29.